The lowest BCUT2D eigenvalue weighted by molar-refractivity contribution is -0.113. The average molecular weight is 364 g/mol. The molecule has 0 aliphatic carbocycles. The lowest BCUT2D eigenvalue weighted by atomic mass is 9.96. The molecule has 1 N–H and O–H groups in total. The molecule has 0 saturated heterocycles. The second-order valence-corrected chi connectivity index (χ2v) is 7.64. The summed E-state index contributed by atoms with van der Waals surface area (Å²) in [6.07, 6.45) is 1.77. The van der Waals surface area contributed by atoms with E-state index < -0.39 is 0 Å². The number of fused-ring (bicyclic) bond motifs is 1. The Morgan fingerprint density at radius 3 is 2.85 bits per heavy atom. The maximum Gasteiger partial charge on any atom is 0.235 e. The molecule has 3 aromatic rings. The Hall–Kier alpha value is -2.60. The van der Waals surface area contributed by atoms with Gasteiger partial charge >= 0.3 is 0 Å². The molecule has 2 aromatic heterocycles. The van der Waals surface area contributed by atoms with Crippen LogP contribution in [0, 0.1) is 13.8 Å². The third kappa shape index (κ3) is 2.90. The van der Waals surface area contributed by atoms with Crippen molar-refractivity contribution in [2.75, 3.05) is 11.1 Å². The Balaban J connectivity index is 1.97. The first-order chi connectivity index (χ1) is 12.5. The van der Waals surface area contributed by atoms with Crippen LogP contribution in [0.4, 0.5) is 5.82 Å². The van der Waals surface area contributed by atoms with Crippen LogP contribution in [0.3, 0.4) is 0 Å². The van der Waals surface area contributed by atoms with Gasteiger partial charge in [-0.1, -0.05) is 29.8 Å². The summed E-state index contributed by atoms with van der Waals surface area (Å²) in [5.74, 6) is 1.17. The summed E-state index contributed by atoms with van der Waals surface area (Å²) in [6, 6.07) is 12.3. The van der Waals surface area contributed by atoms with Crippen molar-refractivity contribution in [3.63, 3.8) is 0 Å². The highest BCUT2D eigenvalue weighted by molar-refractivity contribution is 8.00. The Kier molecular flexibility index (Phi) is 4.28. The summed E-state index contributed by atoms with van der Waals surface area (Å²) < 4.78 is 1.75. The molecule has 0 radical (unpaired) electrons. The largest absolute Gasteiger partial charge is 0.310 e. The SMILES string of the molecule is Cc1ccc(C)c(C2SCC(=O)Nc3c2c(-c2ccccn2)nn3C)c1. The lowest BCUT2D eigenvalue weighted by Gasteiger charge is -2.19. The van der Waals surface area contributed by atoms with Crippen molar-refractivity contribution < 1.29 is 4.79 Å². The van der Waals surface area contributed by atoms with Crippen LogP contribution in [-0.2, 0) is 11.8 Å². The van der Waals surface area contributed by atoms with E-state index in [1.165, 1.54) is 16.7 Å². The highest BCUT2D eigenvalue weighted by atomic mass is 32.2. The third-order valence-electron chi connectivity index (χ3n) is 4.61. The molecule has 0 saturated carbocycles. The normalized spacial score (nSPS) is 16.7. The molecule has 1 aliphatic rings. The monoisotopic (exact) mass is 364 g/mol. The van der Waals surface area contributed by atoms with Crippen molar-refractivity contribution in [1.29, 1.82) is 0 Å². The van der Waals surface area contributed by atoms with Gasteiger partial charge in [-0.15, -0.1) is 11.8 Å². The molecule has 5 nitrogen and oxygen atoms in total. The van der Waals surface area contributed by atoms with Crippen LogP contribution in [0.2, 0.25) is 0 Å². The highest BCUT2D eigenvalue weighted by Crippen LogP contribution is 2.46. The average Bonchev–Trinajstić information content (AvgIpc) is 2.84. The first-order valence-electron chi connectivity index (χ1n) is 8.51. The number of rotatable bonds is 2. The number of nitrogens with zero attached hydrogens (tertiary/aromatic N) is 3. The van der Waals surface area contributed by atoms with Crippen molar-refractivity contribution >= 4 is 23.5 Å². The molecular formula is C20H20N4OS. The van der Waals surface area contributed by atoms with Gasteiger partial charge in [0.1, 0.15) is 11.5 Å². The predicted molar refractivity (Wildman–Crippen MR) is 105 cm³/mol. The molecule has 1 aliphatic heterocycles. The molecule has 4 rings (SSSR count). The summed E-state index contributed by atoms with van der Waals surface area (Å²) in [6.45, 7) is 4.21. The second kappa shape index (κ2) is 6.61. The Bertz CT molecular complexity index is 981. The number of benzene rings is 1. The van der Waals surface area contributed by atoms with E-state index >= 15 is 0 Å². The maximum atomic E-state index is 12.3. The zero-order valence-corrected chi connectivity index (χ0v) is 15.8. The number of pyridine rings is 1. The van der Waals surface area contributed by atoms with Crippen LogP contribution in [-0.4, -0.2) is 26.4 Å². The first kappa shape index (κ1) is 16.8. The van der Waals surface area contributed by atoms with Crippen LogP contribution in [0.1, 0.15) is 27.5 Å². The molecule has 1 aromatic carbocycles. The van der Waals surface area contributed by atoms with Crippen molar-refractivity contribution in [1.82, 2.24) is 14.8 Å². The smallest absolute Gasteiger partial charge is 0.235 e. The number of aryl methyl sites for hydroxylation is 3. The van der Waals surface area contributed by atoms with E-state index in [9.17, 15) is 4.79 Å². The zero-order valence-electron chi connectivity index (χ0n) is 15.0. The summed E-state index contributed by atoms with van der Waals surface area (Å²) in [4.78, 5) is 16.8. The number of hydrogen-bond acceptors (Lipinski definition) is 4. The molecule has 0 fully saturated rings. The molecule has 3 heterocycles. The molecule has 0 bridgehead atoms. The van der Waals surface area contributed by atoms with E-state index in [4.69, 9.17) is 5.10 Å². The maximum absolute atomic E-state index is 12.3. The number of aromatic nitrogens is 3. The number of nitrogens with one attached hydrogen (secondary N) is 1. The molecule has 1 unspecified atom stereocenters. The number of carbonyl (C=O) groups excluding carboxylic acids is 1. The number of amides is 1. The number of anilines is 1. The first-order valence-corrected chi connectivity index (χ1v) is 9.56. The van der Waals surface area contributed by atoms with Crippen LogP contribution in [0.5, 0.6) is 0 Å². The molecule has 0 spiro atoms. The van der Waals surface area contributed by atoms with Crippen LogP contribution >= 0.6 is 11.8 Å². The molecule has 1 amide bonds. The van der Waals surface area contributed by atoms with E-state index in [1.807, 2.05) is 25.2 Å². The van der Waals surface area contributed by atoms with E-state index in [0.717, 1.165) is 22.8 Å². The van der Waals surface area contributed by atoms with Gasteiger partial charge in [0.15, 0.2) is 0 Å². The fraction of sp³-hybridized carbons (Fsp3) is 0.250. The van der Waals surface area contributed by atoms with E-state index in [1.54, 1.807) is 22.6 Å². The van der Waals surface area contributed by atoms with Crippen molar-refractivity contribution in [2.24, 2.45) is 7.05 Å². The Labute approximate surface area is 156 Å². The minimum Gasteiger partial charge on any atom is -0.310 e. The van der Waals surface area contributed by atoms with Gasteiger partial charge in [0.05, 0.1) is 16.7 Å². The second-order valence-electron chi connectivity index (χ2n) is 6.55. The van der Waals surface area contributed by atoms with Crippen LogP contribution < -0.4 is 5.32 Å². The van der Waals surface area contributed by atoms with E-state index in [2.05, 4.69) is 42.3 Å². The number of thioether (sulfide) groups is 1. The molecule has 1 atom stereocenters. The molecule has 26 heavy (non-hydrogen) atoms. The van der Waals surface area contributed by atoms with Crippen molar-refractivity contribution in [3.05, 3.63) is 64.8 Å². The van der Waals surface area contributed by atoms with Gasteiger partial charge < -0.3 is 5.32 Å². The Morgan fingerprint density at radius 1 is 1.23 bits per heavy atom. The van der Waals surface area contributed by atoms with Gasteiger partial charge in [-0.25, -0.2) is 0 Å². The van der Waals surface area contributed by atoms with Crippen LogP contribution in [0.25, 0.3) is 11.4 Å². The molecule has 6 heteroatoms. The summed E-state index contributed by atoms with van der Waals surface area (Å²) in [5, 5.41) is 7.74. The van der Waals surface area contributed by atoms with Gasteiger partial charge in [0.25, 0.3) is 0 Å². The van der Waals surface area contributed by atoms with Crippen molar-refractivity contribution in [2.45, 2.75) is 19.1 Å². The number of hydrogen-bond donors (Lipinski definition) is 1. The summed E-state index contributed by atoms with van der Waals surface area (Å²) in [7, 11) is 1.86. The van der Waals surface area contributed by atoms with Gasteiger partial charge in [-0.2, -0.15) is 5.10 Å². The number of carbonyl (C=O) groups is 1. The molecular weight excluding hydrogens is 344 g/mol. The van der Waals surface area contributed by atoms with Gasteiger partial charge in [-0.3, -0.25) is 14.5 Å². The third-order valence-corrected chi connectivity index (χ3v) is 5.86. The topological polar surface area (TPSA) is 59.8 Å². The summed E-state index contributed by atoms with van der Waals surface area (Å²) in [5.41, 5.74) is 6.30. The van der Waals surface area contributed by atoms with Gasteiger partial charge in [-0.05, 0) is 37.1 Å². The highest BCUT2D eigenvalue weighted by Gasteiger charge is 2.32. The fourth-order valence-corrected chi connectivity index (χ4v) is 4.54. The lowest BCUT2D eigenvalue weighted by Crippen LogP contribution is -2.15. The van der Waals surface area contributed by atoms with Crippen molar-refractivity contribution in [3.8, 4) is 11.4 Å². The summed E-state index contributed by atoms with van der Waals surface area (Å²) >= 11 is 1.64. The minimum atomic E-state index is -0.000345. The molecule has 132 valence electrons. The van der Waals surface area contributed by atoms with Gasteiger partial charge in [0, 0.05) is 18.8 Å². The Morgan fingerprint density at radius 2 is 2.08 bits per heavy atom. The quantitative estimate of drug-likeness (QED) is 0.750. The van der Waals surface area contributed by atoms with E-state index in [-0.39, 0.29) is 11.2 Å². The fourth-order valence-electron chi connectivity index (χ4n) is 3.33. The van der Waals surface area contributed by atoms with Crippen LogP contribution in [0.15, 0.2) is 42.6 Å². The van der Waals surface area contributed by atoms with E-state index in [0.29, 0.717) is 5.75 Å². The van der Waals surface area contributed by atoms with Gasteiger partial charge in [0.2, 0.25) is 5.91 Å². The standard InChI is InChI=1S/C20H20N4OS/c1-12-7-8-13(2)14(10-12)19-17-18(15-6-4-5-9-21-15)23-24(3)20(17)22-16(25)11-26-19/h4-10,19H,11H2,1-3H3,(H,22,25). The zero-order chi connectivity index (χ0) is 18.3. The minimum absolute atomic E-state index is 0.000345. The predicted octanol–water partition coefficient (Wildman–Crippen LogP) is 3.87.